The molecule has 8 nitrogen and oxygen atoms in total. The van der Waals surface area contributed by atoms with Crippen molar-refractivity contribution in [2.45, 2.75) is 40.8 Å². The van der Waals surface area contributed by atoms with Crippen LogP contribution in [-0.4, -0.2) is 40.2 Å². The molecule has 0 aliphatic carbocycles. The lowest BCUT2D eigenvalue weighted by Gasteiger charge is -2.08. The van der Waals surface area contributed by atoms with E-state index >= 15 is 0 Å². The van der Waals surface area contributed by atoms with E-state index in [2.05, 4.69) is 21.6 Å². The van der Waals surface area contributed by atoms with E-state index in [9.17, 15) is 9.59 Å². The molecule has 0 fully saturated rings. The molecular weight excluding hydrogens is 416 g/mol. The molecule has 0 bridgehead atoms. The lowest BCUT2D eigenvalue weighted by atomic mass is 10.1. The molecule has 1 N–H and O–H groups in total. The first-order valence-corrected chi connectivity index (χ1v) is 10.6. The van der Waals surface area contributed by atoms with Gasteiger partial charge in [0, 0.05) is 30.6 Å². The van der Waals surface area contributed by atoms with E-state index < -0.39 is 11.7 Å². The summed E-state index contributed by atoms with van der Waals surface area (Å²) in [5, 5.41) is 11.4. The van der Waals surface area contributed by atoms with E-state index in [1.54, 1.807) is 13.2 Å². The molecule has 2 aromatic heterocycles. The number of aryl methyl sites for hydroxylation is 3. The van der Waals surface area contributed by atoms with E-state index in [-0.39, 0.29) is 11.7 Å². The predicted octanol–water partition coefficient (Wildman–Crippen LogP) is 3.62. The molecule has 3 aromatic rings. The number of hydrogen-bond donors (Lipinski definition) is 1. The fraction of sp³-hybridized carbons (Fsp3) is 0.364. The molecule has 9 heteroatoms. The van der Waals surface area contributed by atoms with E-state index in [0.29, 0.717) is 23.7 Å². The van der Waals surface area contributed by atoms with Crippen molar-refractivity contribution in [3.05, 3.63) is 57.4 Å². The highest BCUT2D eigenvalue weighted by Crippen LogP contribution is 2.21. The Kier molecular flexibility index (Phi) is 7.19. The fourth-order valence-electron chi connectivity index (χ4n) is 3.36. The van der Waals surface area contributed by atoms with Crippen LogP contribution >= 0.6 is 11.3 Å². The van der Waals surface area contributed by atoms with Crippen molar-refractivity contribution < 1.29 is 19.1 Å². The predicted molar refractivity (Wildman–Crippen MR) is 119 cm³/mol. The second-order valence-electron chi connectivity index (χ2n) is 7.33. The number of Topliss-reactive ketones (excluding diaryl/α,β-unsaturated/α-hetero) is 1. The van der Waals surface area contributed by atoms with Gasteiger partial charge >= 0.3 is 0 Å². The van der Waals surface area contributed by atoms with Gasteiger partial charge < -0.3 is 14.0 Å². The maximum absolute atomic E-state index is 12.7. The van der Waals surface area contributed by atoms with Crippen LogP contribution in [-0.2, 0) is 22.7 Å². The molecule has 1 amide bonds. The minimum Gasteiger partial charge on any atom is -0.486 e. The first kappa shape index (κ1) is 22.6. The topological polar surface area (TPSA) is 95.3 Å². The Bertz CT molecular complexity index is 1080. The zero-order valence-electron chi connectivity index (χ0n) is 18.3. The highest BCUT2D eigenvalue weighted by molar-refractivity contribution is 7.15. The molecular formula is C22H26N4O4S. The maximum Gasteiger partial charge on any atom is 0.298 e. The molecule has 1 aromatic carbocycles. The molecule has 0 saturated heterocycles. The molecule has 0 atom stereocenters. The van der Waals surface area contributed by atoms with Gasteiger partial charge in [-0.2, -0.15) is 0 Å². The van der Waals surface area contributed by atoms with Crippen molar-refractivity contribution in [3.8, 4) is 5.75 Å². The molecule has 31 heavy (non-hydrogen) atoms. The SMILES string of the molecule is COCCn1c(C)cc(C(=O)C(=O)Nc2nnc(COc3cc(C)cc(C)c3)s2)c1C. The molecule has 0 saturated carbocycles. The largest absolute Gasteiger partial charge is 0.486 e. The van der Waals surface area contributed by atoms with Crippen LogP contribution in [0.2, 0.25) is 0 Å². The monoisotopic (exact) mass is 442 g/mol. The summed E-state index contributed by atoms with van der Waals surface area (Å²) in [6, 6.07) is 7.67. The Morgan fingerprint density at radius 2 is 1.77 bits per heavy atom. The number of hydrogen-bond acceptors (Lipinski definition) is 7. The van der Waals surface area contributed by atoms with Crippen molar-refractivity contribution in [1.29, 1.82) is 0 Å². The van der Waals surface area contributed by atoms with Gasteiger partial charge in [0.25, 0.3) is 11.7 Å². The molecule has 0 spiro atoms. The van der Waals surface area contributed by atoms with Crippen LogP contribution < -0.4 is 10.1 Å². The van der Waals surface area contributed by atoms with Crippen molar-refractivity contribution in [2.24, 2.45) is 0 Å². The summed E-state index contributed by atoms with van der Waals surface area (Å²) >= 11 is 1.17. The third-order valence-corrected chi connectivity index (χ3v) is 5.60. The normalized spacial score (nSPS) is 10.9. The zero-order valence-corrected chi connectivity index (χ0v) is 19.1. The Labute approximate surface area is 185 Å². The van der Waals surface area contributed by atoms with Gasteiger partial charge in [-0.3, -0.25) is 14.9 Å². The first-order chi connectivity index (χ1) is 14.8. The van der Waals surface area contributed by atoms with E-state index in [1.165, 1.54) is 11.3 Å². The smallest absolute Gasteiger partial charge is 0.298 e. The van der Waals surface area contributed by atoms with Gasteiger partial charge in [-0.1, -0.05) is 17.4 Å². The fourth-order valence-corrected chi connectivity index (χ4v) is 4.01. The minimum absolute atomic E-state index is 0.227. The molecule has 0 radical (unpaired) electrons. The Balaban J connectivity index is 1.62. The summed E-state index contributed by atoms with van der Waals surface area (Å²) in [6.07, 6.45) is 0. The molecule has 3 rings (SSSR count). The molecule has 164 valence electrons. The van der Waals surface area contributed by atoms with Gasteiger partial charge in [-0.25, -0.2) is 0 Å². The number of ether oxygens (including phenoxy) is 2. The van der Waals surface area contributed by atoms with Gasteiger partial charge in [0.1, 0.15) is 12.4 Å². The lowest BCUT2D eigenvalue weighted by molar-refractivity contribution is -0.112. The first-order valence-electron chi connectivity index (χ1n) is 9.83. The van der Waals surface area contributed by atoms with E-state index in [1.807, 2.05) is 44.4 Å². The number of carbonyl (C=O) groups is 2. The molecule has 0 aliphatic heterocycles. The maximum atomic E-state index is 12.7. The average molecular weight is 443 g/mol. The van der Waals surface area contributed by atoms with Gasteiger partial charge in [0.15, 0.2) is 5.01 Å². The van der Waals surface area contributed by atoms with Gasteiger partial charge in [-0.15, -0.1) is 10.2 Å². The molecule has 0 aliphatic rings. The highest BCUT2D eigenvalue weighted by Gasteiger charge is 2.23. The van der Waals surface area contributed by atoms with Gasteiger partial charge in [0.05, 0.1) is 6.61 Å². The number of carbonyl (C=O) groups excluding carboxylic acids is 2. The zero-order chi connectivity index (χ0) is 22.5. The van der Waals surface area contributed by atoms with Crippen LogP contribution in [0, 0.1) is 27.7 Å². The van der Waals surface area contributed by atoms with Crippen LogP contribution in [0.5, 0.6) is 5.75 Å². The lowest BCUT2D eigenvalue weighted by Crippen LogP contribution is -2.23. The number of ketones is 1. The third kappa shape index (κ3) is 5.56. The number of nitrogens with one attached hydrogen (secondary N) is 1. The third-order valence-electron chi connectivity index (χ3n) is 4.79. The summed E-state index contributed by atoms with van der Waals surface area (Å²) in [5.74, 6) is -0.609. The van der Waals surface area contributed by atoms with Crippen LogP contribution in [0.25, 0.3) is 0 Å². The summed E-state index contributed by atoms with van der Waals surface area (Å²) < 4.78 is 12.8. The summed E-state index contributed by atoms with van der Waals surface area (Å²) in [4.78, 5) is 25.1. The number of anilines is 1. The van der Waals surface area contributed by atoms with Crippen molar-refractivity contribution in [1.82, 2.24) is 14.8 Å². The number of rotatable bonds is 9. The summed E-state index contributed by atoms with van der Waals surface area (Å²) in [6.45, 7) is 9.08. The summed E-state index contributed by atoms with van der Waals surface area (Å²) in [5.41, 5.74) is 4.22. The second kappa shape index (κ2) is 9.84. The molecule has 0 unspecified atom stereocenters. The Hall–Kier alpha value is -3.04. The van der Waals surface area contributed by atoms with Crippen molar-refractivity contribution >= 4 is 28.2 Å². The Morgan fingerprint density at radius 1 is 1.06 bits per heavy atom. The number of nitrogens with zero attached hydrogens (tertiary/aromatic N) is 3. The van der Waals surface area contributed by atoms with Crippen LogP contribution in [0.15, 0.2) is 24.3 Å². The van der Waals surface area contributed by atoms with Crippen LogP contribution in [0.4, 0.5) is 5.13 Å². The standard InChI is InChI=1S/C22H26N4O4S/c1-13-8-14(2)10-17(9-13)30-12-19-24-25-22(31-19)23-21(28)20(27)18-11-15(3)26(16(18)4)6-7-29-5/h8-11H,6-7,12H2,1-5H3,(H,23,25,28). The van der Waals surface area contributed by atoms with Crippen molar-refractivity contribution in [2.75, 3.05) is 19.0 Å². The van der Waals surface area contributed by atoms with Crippen LogP contribution in [0.1, 0.15) is 37.9 Å². The second-order valence-corrected chi connectivity index (χ2v) is 8.39. The number of methoxy groups -OCH3 is 1. The van der Waals surface area contributed by atoms with Gasteiger partial charge in [-0.05, 0) is 57.0 Å². The van der Waals surface area contributed by atoms with Gasteiger partial charge in [0.2, 0.25) is 5.13 Å². The minimum atomic E-state index is -0.745. The van der Waals surface area contributed by atoms with E-state index in [0.717, 1.165) is 28.3 Å². The quantitative estimate of drug-likeness (QED) is 0.402. The summed E-state index contributed by atoms with van der Waals surface area (Å²) in [7, 11) is 1.62. The van der Waals surface area contributed by atoms with Crippen LogP contribution in [0.3, 0.4) is 0 Å². The highest BCUT2D eigenvalue weighted by atomic mass is 32.1. The Morgan fingerprint density at radius 3 is 2.45 bits per heavy atom. The average Bonchev–Trinajstić information content (AvgIpc) is 3.27. The molecule has 2 heterocycles. The number of amides is 1. The van der Waals surface area contributed by atoms with Crippen molar-refractivity contribution in [3.63, 3.8) is 0 Å². The number of aromatic nitrogens is 3. The number of benzene rings is 1. The van der Waals surface area contributed by atoms with E-state index in [4.69, 9.17) is 9.47 Å².